The number of hydrazine groups is 1. The third-order valence-corrected chi connectivity index (χ3v) is 2.84. The zero-order valence-electron chi connectivity index (χ0n) is 11.2. The lowest BCUT2D eigenvalue weighted by Gasteiger charge is -2.11. The van der Waals surface area contributed by atoms with Crippen molar-refractivity contribution in [1.29, 1.82) is 0 Å². The smallest absolute Gasteiger partial charge is 0.272 e. The minimum atomic E-state index is -0.546. The molecule has 0 fully saturated rings. The molecule has 2 N–H and O–H groups in total. The molecule has 0 bridgehead atoms. The molecular formula is C15H15FN2O2. The molecule has 4 nitrogen and oxygen atoms in total. The van der Waals surface area contributed by atoms with Crippen molar-refractivity contribution in [3.63, 3.8) is 0 Å². The molecule has 0 saturated carbocycles. The van der Waals surface area contributed by atoms with Crippen LogP contribution in [0.3, 0.4) is 0 Å². The predicted octanol–water partition coefficient (Wildman–Crippen LogP) is 2.90. The van der Waals surface area contributed by atoms with E-state index in [-0.39, 0.29) is 5.56 Å². The Morgan fingerprint density at radius 1 is 1.20 bits per heavy atom. The summed E-state index contributed by atoms with van der Waals surface area (Å²) in [5.41, 5.74) is 6.44. The molecule has 5 heteroatoms. The van der Waals surface area contributed by atoms with Crippen molar-refractivity contribution in [2.75, 3.05) is 12.5 Å². The Morgan fingerprint density at radius 3 is 2.65 bits per heavy atom. The molecule has 0 radical (unpaired) electrons. The summed E-state index contributed by atoms with van der Waals surface area (Å²) in [7, 11) is 1.56. The monoisotopic (exact) mass is 274 g/mol. The molecule has 0 atom stereocenters. The van der Waals surface area contributed by atoms with E-state index < -0.39 is 11.7 Å². The number of benzene rings is 2. The number of aryl methyl sites for hydroxylation is 1. The van der Waals surface area contributed by atoms with Crippen molar-refractivity contribution in [3.05, 3.63) is 59.4 Å². The van der Waals surface area contributed by atoms with Crippen LogP contribution in [0.15, 0.2) is 42.5 Å². The minimum Gasteiger partial charge on any atom is -0.497 e. The quantitative estimate of drug-likeness (QED) is 0.843. The molecule has 20 heavy (non-hydrogen) atoms. The molecule has 0 aliphatic rings. The van der Waals surface area contributed by atoms with Crippen LogP contribution in [0.4, 0.5) is 10.1 Å². The molecular weight excluding hydrogens is 259 g/mol. The molecule has 0 saturated heterocycles. The highest BCUT2D eigenvalue weighted by Crippen LogP contribution is 2.16. The molecule has 2 rings (SSSR count). The highest BCUT2D eigenvalue weighted by Gasteiger charge is 2.13. The van der Waals surface area contributed by atoms with Crippen LogP contribution in [0, 0.1) is 12.7 Å². The molecule has 0 aliphatic heterocycles. The van der Waals surface area contributed by atoms with Gasteiger partial charge in [-0.1, -0.05) is 18.2 Å². The number of carbonyl (C=O) groups excluding carboxylic acids is 1. The molecule has 0 unspecified atom stereocenters. The molecule has 2 aromatic rings. The number of nitrogens with one attached hydrogen (secondary N) is 2. The zero-order chi connectivity index (χ0) is 14.5. The van der Waals surface area contributed by atoms with Gasteiger partial charge in [0.1, 0.15) is 11.6 Å². The molecule has 0 aliphatic carbocycles. The maximum atomic E-state index is 13.6. The van der Waals surface area contributed by atoms with Crippen molar-refractivity contribution < 1.29 is 13.9 Å². The first kappa shape index (κ1) is 13.9. The first-order chi connectivity index (χ1) is 9.61. The van der Waals surface area contributed by atoms with Gasteiger partial charge < -0.3 is 4.74 Å². The van der Waals surface area contributed by atoms with Crippen molar-refractivity contribution in [1.82, 2.24) is 5.43 Å². The van der Waals surface area contributed by atoms with Crippen molar-refractivity contribution >= 4 is 11.6 Å². The van der Waals surface area contributed by atoms with E-state index >= 15 is 0 Å². The predicted molar refractivity (Wildman–Crippen MR) is 75.2 cm³/mol. The van der Waals surface area contributed by atoms with E-state index in [4.69, 9.17) is 4.74 Å². The molecule has 1 amide bonds. The van der Waals surface area contributed by atoms with Crippen LogP contribution >= 0.6 is 0 Å². The highest BCUT2D eigenvalue weighted by molar-refractivity contribution is 5.96. The largest absolute Gasteiger partial charge is 0.497 e. The number of hydrogen-bond donors (Lipinski definition) is 2. The van der Waals surface area contributed by atoms with Gasteiger partial charge in [0.25, 0.3) is 5.91 Å². The lowest BCUT2D eigenvalue weighted by molar-refractivity contribution is 0.0958. The van der Waals surface area contributed by atoms with Gasteiger partial charge in [-0.3, -0.25) is 15.6 Å². The van der Waals surface area contributed by atoms with Gasteiger partial charge in [0.2, 0.25) is 0 Å². The standard InChI is InChI=1S/C15H15FN2O2/c1-10-5-3-8-13(16)14(10)15(19)18-17-11-6-4-7-12(9-11)20-2/h3-9,17H,1-2H3,(H,18,19). The number of hydrogen-bond acceptors (Lipinski definition) is 3. The Kier molecular flexibility index (Phi) is 4.20. The molecule has 0 heterocycles. The van der Waals surface area contributed by atoms with Gasteiger partial charge in [-0.05, 0) is 30.7 Å². The first-order valence-electron chi connectivity index (χ1n) is 6.07. The van der Waals surface area contributed by atoms with Crippen molar-refractivity contribution in [3.8, 4) is 5.75 Å². The third-order valence-electron chi connectivity index (χ3n) is 2.84. The van der Waals surface area contributed by atoms with E-state index in [1.807, 2.05) is 0 Å². The summed E-state index contributed by atoms with van der Waals surface area (Å²) in [4.78, 5) is 12.0. The first-order valence-corrected chi connectivity index (χ1v) is 6.07. The Hall–Kier alpha value is -2.56. The highest BCUT2D eigenvalue weighted by atomic mass is 19.1. The van der Waals surface area contributed by atoms with E-state index in [0.717, 1.165) is 0 Å². The summed E-state index contributed by atoms with van der Waals surface area (Å²) in [6, 6.07) is 11.6. The maximum Gasteiger partial charge on any atom is 0.272 e. The summed E-state index contributed by atoms with van der Waals surface area (Å²) < 4.78 is 18.7. The van der Waals surface area contributed by atoms with Gasteiger partial charge in [0.15, 0.2) is 0 Å². The number of carbonyl (C=O) groups is 1. The van der Waals surface area contributed by atoms with E-state index in [9.17, 15) is 9.18 Å². The summed E-state index contributed by atoms with van der Waals surface area (Å²) in [6.07, 6.45) is 0. The summed E-state index contributed by atoms with van der Waals surface area (Å²) in [5, 5.41) is 0. The van der Waals surface area contributed by atoms with E-state index in [1.54, 1.807) is 50.4 Å². The van der Waals surface area contributed by atoms with Crippen LogP contribution in [0.5, 0.6) is 5.75 Å². The zero-order valence-corrected chi connectivity index (χ0v) is 11.2. The van der Waals surface area contributed by atoms with Crippen LogP contribution in [-0.2, 0) is 0 Å². The van der Waals surface area contributed by atoms with Crippen LogP contribution in [0.25, 0.3) is 0 Å². The van der Waals surface area contributed by atoms with Gasteiger partial charge in [-0.2, -0.15) is 0 Å². The number of rotatable bonds is 4. The average Bonchev–Trinajstić information content (AvgIpc) is 2.45. The second-order valence-electron chi connectivity index (χ2n) is 4.24. The van der Waals surface area contributed by atoms with Crippen LogP contribution in [-0.4, -0.2) is 13.0 Å². The van der Waals surface area contributed by atoms with Crippen LogP contribution in [0.1, 0.15) is 15.9 Å². The fraction of sp³-hybridized carbons (Fsp3) is 0.133. The van der Waals surface area contributed by atoms with E-state index in [0.29, 0.717) is 17.0 Å². The van der Waals surface area contributed by atoms with Gasteiger partial charge in [-0.25, -0.2) is 4.39 Å². The van der Waals surface area contributed by atoms with Crippen LogP contribution < -0.4 is 15.6 Å². The molecule has 104 valence electrons. The topological polar surface area (TPSA) is 50.4 Å². The molecule has 0 aromatic heterocycles. The lowest BCUT2D eigenvalue weighted by Crippen LogP contribution is -2.30. The number of halogens is 1. The fourth-order valence-corrected chi connectivity index (χ4v) is 1.81. The second-order valence-corrected chi connectivity index (χ2v) is 4.24. The summed E-state index contributed by atoms with van der Waals surface area (Å²) >= 11 is 0. The number of ether oxygens (including phenoxy) is 1. The van der Waals surface area contributed by atoms with Gasteiger partial charge in [0, 0.05) is 6.07 Å². The number of anilines is 1. The van der Waals surface area contributed by atoms with Crippen LogP contribution in [0.2, 0.25) is 0 Å². The van der Waals surface area contributed by atoms with Gasteiger partial charge in [0.05, 0.1) is 18.4 Å². The summed E-state index contributed by atoms with van der Waals surface area (Å²) in [6.45, 7) is 1.68. The number of methoxy groups -OCH3 is 1. The molecule has 2 aromatic carbocycles. The Balaban J connectivity index is 2.09. The lowest BCUT2D eigenvalue weighted by atomic mass is 10.1. The Morgan fingerprint density at radius 2 is 1.95 bits per heavy atom. The second kappa shape index (κ2) is 6.06. The van der Waals surface area contributed by atoms with Gasteiger partial charge in [-0.15, -0.1) is 0 Å². The van der Waals surface area contributed by atoms with E-state index in [1.165, 1.54) is 6.07 Å². The number of amides is 1. The molecule has 0 spiro atoms. The third kappa shape index (κ3) is 3.06. The Labute approximate surface area is 116 Å². The minimum absolute atomic E-state index is 0.0305. The average molecular weight is 274 g/mol. The van der Waals surface area contributed by atoms with Gasteiger partial charge >= 0.3 is 0 Å². The van der Waals surface area contributed by atoms with E-state index in [2.05, 4.69) is 10.9 Å². The normalized spacial score (nSPS) is 9.95. The Bertz CT molecular complexity index is 609. The fourth-order valence-electron chi connectivity index (χ4n) is 1.81. The van der Waals surface area contributed by atoms with Crippen molar-refractivity contribution in [2.45, 2.75) is 6.92 Å². The summed E-state index contributed by atoms with van der Waals surface area (Å²) in [5.74, 6) is -0.412. The SMILES string of the molecule is COc1cccc(NNC(=O)c2c(C)cccc2F)c1. The maximum absolute atomic E-state index is 13.6. The van der Waals surface area contributed by atoms with Crippen molar-refractivity contribution in [2.24, 2.45) is 0 Å².